The largest absolute Gasteiger partial charge is 0.462 e. The number of ether oxygens (including phenoxy) is 1. The number of carbonyl (C=O) groups is 1. The van der Waals surface area contributed by atoms with Gasteiger partial charge in [-0.15, -0.1) is 0 Å². The van der Waals surface area contributed by atoms with Gasteiger partial charge >= 0.3 is 12.1 Å². The van der Waals surface area contributed by atoms with Crippen molar-refractivity contribution in [3.63, 3.8) is 0 Å². The maximum Gasteiger partial charge on any atom is 0.417 e. The van der Waals surface area contributed by atoms with Crippen molar-refractivity contribution in [2.75, 3.05) is 6.61 Å². The molecule has 26 heavy (non-hydrogen) atoms. The Bertz CT molecular complexity index is 541. The van der Waals surface area contributed by atoms with E-state index in [9.17, 15) is 22.4 Å². The van der Waals surface area contributed by atoms with E-state index in [-0.39, 0.29) is 6.61 Å². The molecule has 0 heterocycles. The highest BCUT2D eigenvalue weighted by Crippen LogP contribution is 2.33. The zero-order chi connectivity index (χ0) is 19.4. The van der Waals surface area contributed by atoms with E-state index in [1.165, 1.54) is 38.5 Å². The predicted molar refractivity (Wildman–Crippen MR) is 93.5 cm³/mol. The van der Waals surface area contributed by atoms with Gasteiger partial charge in [-0.2, -0.15) is 13.2 Å². The minimum atomic E-state index is -4.80. The van der Waals surface area contributed by atoms with Crippen molar-refractivity contribution in [3.8, 4) is 0 Å². The number of carbonyl (C=O) groups excluding carboxylic acids is 1. The Labute approximate surface area is 152 Å². The van der Waals surface area contributed by atoms with Crippen molar-refractivity contribution in [3.05, 3.63) is 35.1 Å². The number of hydrogen-bond acceptors (Lipinski definition) is 2. The molecule has 0 bridgehead atoms. The first kappa shape index (κ1) is 22.5. The van der Waals surface area contributed by atoms with Crippen LogP contribution in [0.1, 0.15) is 87.1 Å². The van der Waals surface area contributed by atoms with Crippen LogP contribution in [0.3, 0.4) is 0 Å². The van der Waals surface area contributed by atoms with Crippen molar-refractivity contribution < 1.29 is 27.1 Å². The molecule has 0 fully saturated rings. The second-order valence-electron chi connectivity index (χ2n) is 6.48. The number of esters is 1. The molecular formula is C20H28F4O2. The third kappa shape index (κ3) is 8.19. The molecule has 2 nitrogen and oxygen atoms in total. The molecule has 0 radical (unpaired) electrons. The highest BCUT2D eigenvalue weighted by atomic mass is 19.4. The van der Waals surface area contributed by atoms with Crippen LogP contribution in [-0.4, -0.2) is 12.6 Å². The average Bonchev–Trinajstić information content (AvgIpc) is 2.58. The Hall–Kier alpha value is -1.59. The van der Waals surface area contributed by atoms with Gasteiger partial charge in [0.2, 0.25) is 0 Å². The van der Waals surface area contributed by atoms with E-state index in [0.29, 0.717) is 12.5 Å². The Morgan fingerprint density at radius 1 is 0.923 bits per heavy atom. The van der Waals surface area contributed by atoms with E-state index in [2.05, 4.69) is 6.92 Å². The average molecular weight is 376 g/mol. The molecule has 0 saturated heterocycles. The summed E-state index contributed by atoms with van der Waals surface area (Å²) in [4.78, 5) is 11.8. The maximum absolute atomic E-state index is 13.7. The summed E-state index contributed by atoms with van der Waals surface area (Å²) in [5.41, 5.74) is -2.34. The normalized spacial score (nSPS) is 11.6. The van der Waals surface area contributed by atoms with Crippen molar-refractivity contribution in [1.82, 2.24) is 0 Å². The molecule has 6 heteroatoms. The van der Waals surface area contributed by atoms with Crippen LogP contribution in [0.2, 0.25) is 0 Å². The van der Waals surface area contributed by atoms with Gasteiger partial charge in [-0.05, 0) is 18.6 Å². The summed E-state index contributed by atoms with van der Waals surface area (Å²) in [6, 6.07) is 2.43. The minimum absolute atomic E-state index is 0.000957. The molecule has 0 unspecified atom stereocenters. The quantitative estimate of drug-likeness (QED) is 0.225. The molecule has 0 aromatic heterocycles. The number of alkyl halides is 3. The lowest BCUT2D eigenvalue weighted by atomic mass is 10.1. The molecule has 1 aromatic rings. The molecule has 0 atom stereocenters. The van der Waals surface area contributed by atoms with E-state index in [4.69, 9.17) is 4.74 Å². The van der Waals surface area contributed by atoms with Crippen LogP contribution < -0.4 is 0 Å². The van der Waals surface area contributed by atoms with Crippen molar-refractivity contribution >= 4 is 5.97 Å². The Balaban J connectivity index is 2.26. The van der Waals surface area contributed by atoms with Crippen LogP contribution in [-0.2, 0) is 10.9 Å². The Morgan fingerprint density at radius 2 is 1.46 bits per heavy atom. The SMILES string of the molecule is CCCCCCCCCCCCOC(=O)c1c(F)cccc1C(F)(F)F. The molecule has 0 aliphatic rings. The fourth-order valence-corrected chi connectivity index (χ4v) is 2.79. The van der Waals surface area contributed by atoms with E-state index >= 15 is 0 Å². The lowest BCUT2D eigenvalue weighted by molar-refractivity contribution is -0.138. The molecule has 1 rings (SSSR count). The number of unbranched alkanes of at least 4 members (excludes halogenated alkanes) is 9. The minimum Gasteiger partial charge on any atom is -0.462 e. The molecule has 1 aromatic carbocycles. The maximum atomic E-state index is 13.7. The topological polar surface area (TPSA) is 26.3 Å². The first-order chi connectivity index (χ1) is 12.4. The fraction of sp³-hybridized carbons (Fsp3) is 0.650. The molecule has 0 aliphatic carbocycles. The van der Waals surface area contributed by atoms with Crippen LogP contribution >= 0.6 is 0 Å². The van der Waals surface area contributed by atoms with Gasteiger partial charge < -0.3 is 4.74 Å². The van der Waals surface area contributed by atoms with Gasteiger partial charge in [0.25, 0.3) is 0 Å². The zero-order valence-electron chi connectivity index (χ0n) is 15.3. The van der Waals surface area contributed by atoms with Crippen LogP contribution in [0.25, 0.3) is 0 Å². The second-order valence-corrected chi connectivity index (χ2v) is 6.48. The first-order valence-corrected chi connectivity index (χ1v) is 9.40. The number of halogens is 4. The van der Waals surface area contributed by atoms with Gasteiger partial charge in [0.15, 0.2) is 0 Å². The van der Waals surface area contributed by atoms with E-state index in [1.807, 2.05) is 0 Å². The van der Waals surface area contributed by atoms with E-state index in [1.54, 1.807) is 0 Å². The fourth-order valence-electron chi connectivity index (χ4n) is 2.79. The van der Waals surface area contributed by atoms with Crippen LogP contribution in [0.4, 0.5) is 17.6 Å². The molecule has 0 amide bonds. The van der Waals surface area contributed by atoms with Gasteiger partial charge in [0, 0.05) is 0 Å². The summed E-state index contributed by atoms with van der Waals surface area (Å²) in [7, 11) is 0. The number of rotatable bonds is 12. The standard InChI is InChI=1S/C20H28F4O2/c1-2-3-4-5-6-7-8-9-10-11-15-26-19(25)18-16(20(22,23)24)13-12-14-17(18)21/h12-14H,2-11,15H2,1H3. The van der Waals surface area contributed by atoms with Gasteiger partial charge in [0.05, 0.1) is 12.2 Å². The second kappa shape index (κ2) is 11.9. The van der Waals surface area contributed by atoms with Crippen molar-refractivity contribution in [1.29, 1.82) is 0 Å². The lowest BCUT2D eigenvalue weighted by Gasteiger charge is -2.13. The van der Waals surface area contributed by atoms with Crippen LogP contribution in [0, 0.1) is 5.82 Å². The summed E-state index contributed by atoms with van der Waals surface area (Å²) in [6.45, 7) is 2.18. The third-order valence-corrected chi connectivity index (χ3v) is 4.25. The number of hydrogen-bond donors (Lipinski definition) is 0. The predicted octanol–water partition coefficient (Wildman–Crippen LogP) is 6.92. The smallest absolute Gasteiger partial charge is 0.417 e. The summed E-state index contributed by atoms with van der Waals surface area (Å²) >= 11 is 0. The highest BCUT2D eigenvalue weighted by molar-refractivity contribution is 5.91. The van der Waals surface area contributed by atoms with Gasteiger partial charge in [0.1, 0.15) is 11.4 Å². The molecule has 0 saturated carbocycles. The molecule has 0 N–H and O–H groups in total. The van der Waals surface area contributed by atoms with E-state index < -0.39 is 29.1 Å². The first-order valence-electron chi connectivity index (χ1n) is 9.40. The summed E-state index contributed by atoms with van der Waals surface area (Å²) in [5.74, 6) is -2.47. The highest BCUT2D eigenvalue weighted by Gasteiger charge is 2.37. The Morgan fingerprint density at radius 3 is 2.00 bits per heavy atom. The summed E-state index contributed by atoms with van der Waals surface area (Å²) in [5, 5.41) is 0. The molecule has 0 spiro atoms. The van der Waals surface area contributed by atoms with Crippen molar-refractivity contribution in [2.45, 2.75) is 77.3 Å². The molecule has 148 valence electrons. The lowest BCUT2D eigenvalue weighted by Crippen LogP contribution is -2.17. The Kier molecular flexibility index (Phi) is 10.3. The van der Waals surface area contributed by atoms with Crippen molar-refractivity contribution in [2.24, 2.45) is 0 Å². The monoisotopic (exact) mass is 376 g/mol. The zero-order valence-corrected chi connectivity index (χ0v) is 15.3. The molecular weight excluding hydrogens is 348 g/mol. The summed E-state index contributed by atoms with van der Waals surface area (Å²) < 4.78 is 57.1. The number of benzene rings is 1. The molecule has 0 aliphatic heterocycles. The van der Waals surface area contributed by atoms with Crippen LogP contribution in [0.5, 0.6) is 0 Å². The third-order valence-electron chi connectivity index (χ3n) is 4.25. The van der Waals surface area contributed by atoms with Gasteiger partial charge in [-0.3, -0.25) is 0 Å². The van der Waals surface area contributed by atoms with Gasteiger partial charge in [-0.25, -0.2) is 9.18 Å². The van der Waals surface area contributed by atoms with Crippen LogP contribution in [0.15, 0.2) is 18.2 Å². The van der Waals surface area contributed by atoms with E-state index in [0.717, 1.165) is 31.4 Å². The van der Waals surface area contributed by atoms with Gasteiger partial charge in [-0.1, -0.05) is 70.8 Å². The summed E-state index contributed by atoms with van der Waals surface area (Å²) in [6.07, 6.45) is 6.16.